The molecular weight excluding hydrogens is 509 g/mol. The smallest absolute Gasteiger partial charge is 0.0777 e. The summed E-state index contributed by atoms with van der Waals surface area (Å²) in [4.78, 5) is 0. The van der Waals surface area contributed by atoms with Gasteiger partial charge in [0.25, 0.3) is 0 Å². The highest BCUT2D eigenvalue weighted by molar-refractivity contribution is 5.23. The van der Waals surface area contributed by atoms with Gasteiger partial charge in [-0.25, -0.2) is 0 Å². The van der Waals surface area contributed by atoms with Crippen LogP contribution >= 0.6 is 0 Å². The van der Waals surface area contributed by atoms with Gasteiger partial charge >= 0.3 is 0 Å². The van der Waals surface area contributed by atoms with Gasteiger partial charge in [-0.05, 0) is 50.1 Å². The summed E-state index contributed by atoms with van der Waals surface area (Å²) in [5.41, 5.74) is 2.77. The van der Waals surface area contributed by atoms with E-state index in [0.717, 1.165) is 39.3 Å². The van der Waals surface area contributed by atoms with E-state index < -0.39 is 30.7 Å². The van der Waals surface area contributed by atoms with Crippen LogP contribution in [0.25, 0.3) is 0 Å². The molecule has 0 saturated carbocycles. The fourth-order valence-electron chi connectivity index (χ4n) is 2.12. The van der Waals surface area contributed by atoms with Gasteiger partial charge in [-0.1, -0.05) is 24.3 Å². The Bertz CT molecular complexity index is 511. The van der Waals surface area contributed by atoms with Crippen LogP contribution in [0.1, 0.15) is 24.0 Å². The van der Waals surface area contributed by atoms with Crippen LogP contribution in [0.15, 0.2) is 24.3 Å². The van der Waals surface area contributed by atoms with Crippen molar-refractivity contribution in [2.45, 2.75) is 25.9 Å². The monoisotopic (exact) mass is 533 g/mol. The summed E-state index contributed by atoms with van der Waals surface area (Å²) in [5, 5.41) is 10.4. The summed E-state index contributed by atoms with van der Waals surface area (Å²) in [6, 6.07) is 8.84. The Balaban J connectivity index is 0. The second-order valence-corrected chi connectivity index (χ2v) is 8.19. The Morgan fingerprint density at radius 2 is 0.844 bits per heavy atom. The number of fused-ring (bicyclic) bond motifs is 2. The highest BCUT2D eigenvalue weighted by Gasteiger charge is 2.00. The van der Waals surface area contributed by atoms with E-state index in [1.165, 1.54) is 24.0 Å². The van der Waals surface area contributed by atoms with Crippen LogP contribution < -0.4 is 57.9 Å². The number of rotatable bonds is 0. The topological polar surface area (TPSA) is 304 Å². The summed E-state index contributed by atoms with van der Waals surface area (Å²) in [7, 11) is -14.1. The molecule has 0 unspecified atom stereocenters. The molecule has 1 aliphatic heterocycles. The van der Waals surface area contributed by atoms with Crippen molar-refractivity contribution >= 4 is 0 Å². The van der Waals surface area contributed by atoms with Gasteiger partial charge in [0.05, 0.1) is 44.7 Å². The lowest BCUT2D eigenvalue weighted by Crippen LogP contribution is -2.58. The normalized spacial score (nSPS) is 16.0. The Kier molecular flexibility index (Phi) is 18.8. The van der Waals surface area contributed by atoms with Gasteiger partial charge < -0.3 is 16.0 Å². The highest BCUT2D eigenvalue weighted by Crippen LogP contribution is 2.05. The molecular formula is C14H26Cl3N3O12. The molecule has 0 fully saturated rings. The minimum Gasteiger partial charge on any atom is -0.317 e. The molecule has 0 amide bonds. The van der Waals surface area contributed by atoms with Crippen LogP contribution in [0.5, 0.6) is 0 Å². The molecule has 2 bridgehead atoms. The summed E-state index contributed by atoms with van der Waals surface area (Å²) >= 11 is 0. The molecule has 0 radical (unpaired) electrons. The lowest BCUT2D eigenvalue weighted by molar-refractivity contribution is -1.92. The summed E-state index contributed by atoms with van der Waals surface area (Å²) in [6.45, 7) is 6.38. The number of nitrogens with one attached hydrogen (secondary N) is 3. The Morgan fingerprint density at radius 3 is 1.16 bits per heavy atom. The minimum absolute atomic E-state index is 0.980. The first-order chi connectivity index (χ1) is 14.4. The van der Waals surface area contributed by atoms with Crippen LogP contribution in [0, 0.1) is 30.7 Å². The quantitative estimate of drug-likeness (QED) is 0.180. The lowest BCUT2D eigenvalue weighted by Gasteiger charge is -2.11. The molecule has 15 nitrogen and oxygen atoms in total. The van der Waals surface area contributed by atoms with Gasteiger partial charge in [0.15, 0.2) is 0 Å². The van der Waals surface area contributed by atoms with E-state index in [1.54, 1.807) is 0 Å². The second kappa shape index (κ2) is 17.9. The van der Waals surface area contributed by atoms with E-state index in [2.05, 4.69) is 40.2 Å². The van der Waals surface area contributed by atoms with Crippen molar-refractivity contribution in [2.75, 3.05) is 26.2 Å². The molecule has 1 heterocycles. The van der Waals surface area contributed by atoms with E-state index >= 15 is 0 Å². The standard InChI is InChI=1S/C14H23N3.3ClHO4/c1-4-13-10-14(5-1)12-17-9-3-7-15-6-2-8-16-11-13;3*2-1(3,4)5/h1,4-5,10,15-17H,2-3,6-9,11-12H2;3*(H,2,3,4,5). The van der Waals surface area contributed by atoms with Gasteiger partial charge in [-0.15, -0.1) is 0 Å². The van der Waals surface area contributed by atoms with E-state index in [9.17, 15) is 0 Å². The van der Waals surface area contributed by atoms with E-state index in [0.29, 0.717) is 0 Å². The van der Waals surface area contributed by atoms with Gasteiger partial charge in [0, 0.05) is 13.1 Å². The first kappa shape index (κ1) is 33.7. The number of halogens is 3. The molecule has 0 spiro atoms. The van der Waals surface area contributed by atoms with Crippen molar-refractivity contribution in [1.29, 1.82) is 0 Å². The maximum Gasteiger partial charge on any atom is 0.0777 e. The number of hydrogen-bond donors (Lipinski definition) is 6. The number of hydrogen-bond acceptors (Lipinski definition) is 15. The first-order valence-corrected chi connectivity index (χ1v) is 12.3. The molecule has 2 rings (SSSR count). The predicted molar refractivity (Wildman–Crippen MR) is 78.6 cm³/mol. The van der Waals surface area contributed by atoms with Crippen LogP contribution in [-0.2, 0) is 13.1 Å². The lowest BCUT2D eigenvalue weighted by atomic mass is 10.1. The Morgan fingerprint density at radius 1 is 0.562 bits per heavy atom. The zero-order valence-corrected chi connectivity index (χ0v) is 18.9. The Hall–Kier alpha value is -0.510. The largest absolute Gasteiger partial charge is 0.317 e. The van der Waals surface area contributed by atoms with Crippen molar-refractivity contribution in [1.82, 2.24) is 16.0 Å². The zero-order valence-electron chi connectivity index (χ0n) is 16.6. The third-order valence-corrected chi connectivity index (χ3v) is 3.06. The van der Waals surface area contributed by atoms with Gasteiger partial charge in [-0.3, -0.25) is 0 Å². The van der Waals surface area contributed by atoms with Crippen molar-refractivity contribution in [3.8, 4) is 0 Å². The fourth-order valence-corrected chi connectivity index (χ4v) is 2.12. The van der Waals surface area contributed by atoms with Crippen molar-refractivity contribution < 1.29 is 86.6 Å². The molecule has 32 heavy (non-hydrogen) atoms. The zero-order chi connectivity index (χ0) is 25.3. The van der Waals surface area contributed by atoms with E-state index in [4.69, 9.17) is 55.9 Å². The van der Waals surface area contributed by atoms with Gasteiger partial charge in [-0.2, -0.15) is 41.9 Å². The van der Waals surface area contributed by atoms with Crippen molar-refractivity contribution in [3.63, 3.8) is 0 Å². The summed E-state index contributed by atoms with van der Waals surface area (Å²) < 4.78 is 98.2. The van der Waals surface area contributed by atoms with Crippen LogP contribution in [0.2, 0.25) is 0 Å². The first-order valence-electron chi connectivity index (χ1n) is 8.55. The molecule has 1 aromatic carbocycles. The van der Waals surface area contributed by atoms with Crippen LogP contribution in [0.4, 0.5) is 0 Å². The molecule has 0 aliphatic carbocycles. The maximum absolute atomic E-state index is 8.60. The summed E-state index contributed by atoms with van der Waals surface area (Å²) in [6.07, 6.45) is 2.40. The van der Waals surface area contributed by atoms with Gasteiger partial charge in [0.1, 0.15) is 0 Å². The molecule has 0 atom stereocenters. The third-order valence-electron chi connectivity index (χ3n) is 3.06. The van der Waals surface area contributed by atoms with Gasteiger partial charge in [0.2, 0.25) is 0 Å². The molecule has 1 aliphatic rings. The molecule has 1 aromatic rings. The van der Waals surface area contributed by atoms with Crippen LogP contribution in [-0.4, -0.2) is 40.2 Å². The molecule has 18 heteroatoms. The molecule has 0 aromatic heterocycles. The maximum atomic E-state index is 8.60. The Labute approximate surface area is 190 Å². The van der Waals surface area contributed by atoms with E-state index in [-0.39, 0.29) is 0 Å². The van der Waals surface area contributed by atoms with Crippen molar-refractivity contribution in [2.24, 2.45) is 0 Å². The molecule has 6 N–H and O–H groups in total. The fraction of sp³-hybridized carbons (Fsp3) is 0.571. The minimum atomic E-state index is -4.69. The number of benzene rings is 1. The van der Waals surface area contributed by atoms with Crippen molar-refractivity contribution in [3.05, 3.63) is 35.4 Å². The highest BCUT2D eigenvalue weighted by atomic mass is 35.7. The summed E-state index contributed by atoms with van der Waals surface area (Å²) in [5.74, 6) is 0. The third kappa shape index (κ3) is 43.4. The SMILES string of the molecule is [O-][Cl+3]([O-])([O-])O.[O-][Cl+3]([O-])([O-])O.[O-][Cl+3]([O-])([O-])O.c1cc2cc(c1)CNCCCNCCCNC2. The average molecular weight is 535 g/mol. The molecule has 0 saturated heterocycles. The second-order valence-electron chi connectivity index (χ2n) is 5.82. The van der Waals surface area contributed by atoms with E-state index in [1.807, 2.05) is 0 Å². The van der Waals surface area contributed by atoms with Crippen LogP contribution in [0.3, 0.4) is 0 Å². The average Bonchev–Trinajstić information content (AvgIpc) is 2.55. The molecule has 190 valence electrons. The predicted octanol–water partition coefficient (Wildman–Crippen LogP) is -11.1.